The third kappa shape index (κ3) is 3.17. The van der Waals surface area contributed by atoms with E-state index < -0.39 is 0 Å². The summed E-state index contributed by atoms with van der Waals surface area (Å²) in [5, 5.41) is 6.66. The first-order valence-electron chi connectivity index (χ1n) is 6.84. The van der Waals surface area contributed by atoms with Gasteiger partial charge in [-0.3, -0.25) is 0 Å². The summed E-state index contributed by atoms with van der Waals surface area (Å²) >= 11 is 0. The van der Waals surface area contributed by atoms with Crippen LogP contribution in [0.4, 0.5) is 23.0 Å². The van der Waals surface area contributed by atoms with Gasteiger partial charge in [-0.15, -0.1) is 0 Å². The first-order chi connectivity index (χ1) is 9.70. The molecule has 0 saturated heterocycles. The first-order valence-corrected chi connectivity index (χ1v) is 6.84. The van der Waals surface area contributed by atoms with Crippen LogP contribution in [0.2, 0.25) is 0 Å². The van der Waals surface area contributed by atoms with E-state index in [2.05, 4.69) is 37.6 Å². The number of anilines is 4. The van der Waals surface area contributed by atoms with Crippen LogP contribution < -0.4 is 15.5 Å². The summed E-state index contributed by atoms with van der Waals surface area (Å²) in [5.41, 5.74) is 2.20. The summed E-state index contributed by atoms with van der Waals surface area (Å²) in [6.07, 6.45) is 4.05. The highest BCUT2D eigenvalue weighted by atomic mass is 15.1. The van der Waals surface area contributed by atoms with Crippen molar-refractivity contribution >= 4 is 23.0 Å². The monoisotopic (exact) mass is 269 g/mol. The van der Waals surface area contributed by atoms with Crippen LogP contribution in [0.5, 0.6) is 0 Å². The Morgan fingerprint density at radius 2 is 1.75 bits per heavy atom. The smallest absolute Gasteiger partial charge is 0.135 e. The molecule has 0 atom stereocenters. The largest absolute Gasteiger partial charge is 0.378 e. The normalized spacial score (nSPS) is 13.9. The minimum Gasteiger partial charge on any atom is -0.378 e. The minimum atomic E-state index is 0.595. The molecule has 0 unspecified atom stereocenters. The Morgan fingerprint density at radius 1 is 1.05 bits per heavy atom. The average Bonchev–Trinajstić information content (AvgIpc) is 3.24. The van der Waals surface area contributed by atoms with Crippen molar-refractivity contribution in [3.63, 3.8) is 0 Å². The molecule has 1 aromatic carbocycles. The van der Waals surface area contributed by atoms with E-state index in [-0.39, 0.29) is 0 Å². The molecular formula is C15H19N5. The summed E-state index contributed by atoms with van der Waals surface area (Å²) in [6.45, 7) is 0. The summed E-state index contributed by atoms with van der Waals surface area (Å²) in [6, 6.07) is 10.8. The van der Waals surface area contributed by atoms with Crippen molar-refractivity contribution in [2.75, 3.05) is 29.6 Å². The second-order valence-electron chi connectivity index (χ2n) is 5.27. The number of benzene rings is 1. The Morgan fingerprint density at radius 3 is 2.40 bits per heavy atom. The topological polar surface area (TPSA) is 53.1 Å². The fraction of sp³-hybridized carbons (Fsp3) is 0.333. The lowest BCUT2D eigenvalue weighted by atomic mass is 10.2. The molecule has 5 nitrogen and oxygen atoms in total. The van der Waals surface area contributed by atoms with Crippen LogP contribution in [0.3, 0.4) is 0 Å². The highest BCUT2D eigenvalue weighted by Crippen LogP contribution is 2.25. The zero-order chi connectivity index (χ0) is 13.9. The van der Waals surface area contributed by atoms with Crippen molar-refractivity contribution < 1.29 is 0 Å². The molecule has 5 heteroatoms. The fourth-order valence-corrected chi connectivity index (χ4v) is 1.93. The molecule has 1 aliphatic rings. The Balaban J connectivity index is 1.69. The van der Waals surface area contributed by atoms with E-state index in [4.69, 9.17) is 0 Å². The lowest BCUT2D eigenvalue weighted by molar-refractivity contribution is 1.08. The molecule has 0 spiro atoms. The van der Waals surface area contributed by atoms with E-state index in [9.17, 15) is 0 Å². The maximum atomic E-state index is 4.25. The molecule has 1 heterocycles. The molecule has 1 aromatic heterocycles. The predicted octanol–water partition coefficient (Wildman–Crippen LogP) is 2.86. The lowest BCUT2D eigenvalue weighted by Crippen LogP contribution is -2.08. The van der Waals surface area contributed by atoms with Gasteiger partial charge in [0.15, 0.2) is 0 Å². The second kappa shape index (κ2) is 5.36. The highest BCUT2D eigenvalue weighted by molar-refractivity contribution is 5.62. The van der Waals surface area contributed by atoms with Crippen LogP contribution in [-0.4, -0.2) is 30.1 Å². The maximum Gasteiger partial charge on any atom is 0.135 e. The number of hydrogen-bond acceptors (Lipinski definition) is 5. The SMILES string of the molecule is CN(C)c1ccc(Nc2cc(NC3CC3)ncn2)cc1. The van der Waals surface area contributed by atoms with Gasteiger partial charge >= 0.3 is 0 Å². The fourth-order valence-electron chi connectivity index (χ4n) is 1.93. The van der Waals surface area contributed by atoms with Gasteiger partial charge in [0.05, 0.1) is 0 Å². The van der Waals surface area contributed by atoms with Gasteiger partial charge in [0, 0.05) is 37.6 Å². The Hall–Kier alpha value is -2.30. The van der Waals surface area contributed by atoms with Crippen LogP contribution in [-0.2, 0) is 0 Å². The maximum absolute atomic E-state index is 4.25. The van der Waals surface area contributed by atoms with Gasteiger partial charge in [0.25, 0.3) is 0 Å². The molecular weight excluding hydrogens is 250 g/mol. The second-order valence-corrected chi connectivity index (χ2v) is 5.27. The van der Waals surface area contributed by atoms with Crippen LogP contribution in [0.15, 0.2) is 36.7 Å². The highest BCUT2D eigenvalue weighted by Gasteiger charge is 2.21. The van der Waals surface area contributed by atoms with Crippen molar-refractivity contribution in [2.45, 2.75) is 18.9 Å². The Labute approximate surface area is 119 Å². The van der Waals surface area contributed by atoms with Gasteiger partial charge < -0.3 is 15.5 Å². The summed E-state index contributed by atoms with van der Waals surface area (Å²) in [5.74, 6) is 1.69. The first kappa shape index (κ1) is 12.7. The zero-order valence-corrected chi connectivity index (χ0v) is 11.8. The van der Waals surface area contributed by atoms with E-state index in [0.717, 1.165) is 17.3 Å². The van der Waals surface area contributed by atoms with Crippen molar-refractivity contribution in [2.24, 2.45) is 0 Å². The quantitative estimate of drug-likeness (QED) is 0.874. The van der Waals surface area contributed by atoms with Gasteiger partial charge in [-0.25, -0.2) is 9.97 Å². The number of nitrogens with one attached hydrogen (secondary N) is 2. The van der Waals surface area contributed by atoms with Crippen molar-refractivity contribution in [1.82, 2.24) is 9.97 Å². The van der Waals surface area contributed by atoms with Crippen molar-refractivity contribution in [3.8, 4) is 0 Å². The number of aromatic nitrogens is 2. The van der Waals surface area contributed by atoms with Gasteiger partial charge in [-0.1, -0.05) is 0 Å². The van der Waals surface area contributed by atoms with Crippen LogP contribution in [0.1, 0.15) is 12.8 Å². The Bertz CT molecular complexity index is 575. The van der Waals surface area contributed by atoms with E-state index in [1.807, 2.05) is 32.3 Å². The lowest BCUT2D eigenvalue weighted by Gasteiger charge is -2.13. The third-order valence-electron chi connectivity index (χ3n) is 3.25. The van der Waals surface area contributed by atoms with Gasteiger partial charge in [0.1, 0.15) is 18.0 Å². The molecule has 0 radical (unpaired) electrons. The van der Waals surface area contributed by atoms with E-state index in [0.29, 0.717) is 6.04 Å². The number of nitrogens with zero attached hydrogens (tertiary/aromatic N) is 3. The molecule has 20 heavy (non-hydrogen) atoms. The van der Waals surface area contributed by atoms with E-state index in [1.54, 1.807) is 6.33 Å². The molecule has 2 N–H and O–H groups in total. The summed E-state index contributed by atoms with van der Waals surface area (Å²) in [4.78, 5) is 10.6. The molecule has 1 fully saturated rings. The average molecular weight is 269 g/mol. The van der Waals surface area contributed by atoms with Gasteiger partial charge in [-0.2, -0.15) is 0 Å². The van der Waals surface area contributed by atoms with Crippen LogP contribution in [0, 0.1) is 0 Å². The number of hydrogen-bond donors (Lipinski definition) is 2. The summed E-state index contributed by atoms with van der Waals surface area (Å²) < 4.78 is 0. The predicted molar refractivity (Wildman–Crippen MR) is 82.7 cm³/mol. The standard InChI is InChI=1S/C15H19N5/c1-20(2)13-7-5-12(6-8-13)19-15-9-14(16-10-17-15)18-11-3-4-11/h5-11H,3-4H2,1-2H3,(H2,16,17,18,19). The van der Waals surface area contributed by atoms with Gasteiger partial charge in [0.2, 0.25) is 0 Å². The Kier molecular flexibility index (Phi) is 3.41. The molecule has 2 aromatic rings. The molecule has 3 rings (SSSR count). The molecule has 1 aliphatic carbocycles. The molecule has 0 aliphatic heterocycles. The van der Waals surface area contributed by atoms with Crippen molar-refractivity contribution in [3.05, 3.63) is 36.7 Å². The zero-order valence-electron chi connectivity index (χ0n) is 11.8. The van der Waals surface area contributed by atoms with Crippen molar-refractivity contribution in [1.29, 1.82) is 0 Å². The molecule has 0 bridgehead atoms. The molecule has 0 amide bonds. The van der Waals surface area contributed by atoms with Gasteiger partial charge in [-0.05, 0) is 37.1 Å². The van der Waals surface area contributed by atoms with E-state index >= 15 is 0 Å². The number of rotatable bonds is 5. The van der Waals surface area contributed by atoms with Crippen LogP contribution >= 0.6 is 0 Å². The van der Waals surface area contributed by atoms with E-state index in [1.165, 1.54) is 18.5 Å². The summed E-state index contributed by atoms with van der Waals surface area (Å²) in [7, 11) is 4.06. The third-order valence-corrected chi connectivity index (χ3v) is 3.25. The minimum absolute atomic E-state index is 0.595. The van der Waals surface area contributed by atoms with Crippen LogP contribution in [0.25, 0.3) is 0 Å². The molecule has 1 saturated carbocycles. The molecule has 104 valence electrons.